The molecule has 0 saturated heterocycles. The second-order valence-corrected chi connectivity index (χ2v) is 6.58. The maximum Gasteiger partial charge on any atom is 0.270 e. The molecule has 0 unspecified atom stereocenters. The van der Waals surface area contributed by atoms with Crippen molar-refractivity contribution in [1.29, 1.82) is 0 Å². The molecular weight excluding hydrogens is 376 g/mol. The lowest BCUT2D eigenvalue weighted by Crippen LogP contribution is -2.26. The van der Waals surface area contributed by atoms with Crippen molar-refractivity contribution in [2.24, 2.45) is 0 Å². The number of hydrogen-bond acceptors (Lipinski definition) is 5. The van der Waals surface area contributed by atoms with Gasteiger partial charge in [-0.15, -0.1) is 0 Å². The molecule has 2 aromatic carbocycles. The van der Waals surface area contributed by atoms with Gasteiger partial charge in [0.05, 0.1) is 7.11 Å². The molecule has 1 aromatic heterocycles. The molecule has 0 spiro atoms. The summed E-state index contributed by atoms with van der Waals surface area (Å²) < 4.78 is 5.32. The number of para-hydroxylation sites is 1. The smallest absolute Gasteiger partial charge is 0.270 e. The van der Waals surface area contributed by atoms with E-state index in [9.17, 15) is 4.79 Å². The predicted octanol–water partition coefficient (Wildman–Crippen LogP) is 4.16. The Morgan fingerprint density at radius 3 is 2.79 bits per heavy atom. The average Bonchev–Trinajstić information content (AvgIpc) is 2.71. The molecule has 0 atom stereocenters. The molecule has 0 radical (unpaired) electrons. The zero-order valence-corrected chi connectivity index (χ0v) is 16.5. The van der Waals surface area contributed by atoms with Crippen molar-refractivity contribution in [1.82, 2.24) is 15.3 Å². The van der Waals surface area contributed by atoms with E-state index in [4.69, 9.17) is 16.3 Å². The first-order valence-electron chi connectivity index (χ1n) is 8.83. The fraction of sp³-hybridized carbons (Fsp3) is 0.190. The lowest BCUT2D eigenvalue weighted by Gasteiger charge is -2.10. The summed E-state index contributed by atoms with van der Waals surface area (Å²) in [5, 5.41) is 6.58. The Balaban J connectivity index is 1.61. The van der Waals surface area contributed by atoms with Crippen LogP contribution in [0.3, 0.4) is 0 Å². The van der Waals surface area contributed by atoms with Crippen LogP contribution in [0.5, 0.6) is 5.75 Å². The number of halogens is 1. The Morgan fingerprint density at radius 1 is 1.18 bits per heavy atom. The Bertz CT molecular complexity index is 978. The van der Waals surface area contributed by atoms with Crippen LogP contribution in [0.15, 0.2) is 54.7 Å². The highest BCUT2D eigenvalue weighted by Crippen LogP contribution is 2.22. The van der Waals surface area contributed by atoms with Crippen LogP contribution >= 0.6 is 11.6 Å². The SMILES string of the molecule is COc1ccccc1CCNC(=O)c1ccnc(Nc2ccc(C)c(Cl)c2)n1. The van der Waals surface area contributed by atoms with Crippen LogP contribution in [0, 0.1) is 6.92 Å². The second-order valence-electron chi connectivity index (χ2n) is 6.17. The number of hydrogen-bond donors (Lipinski definition) is 2. The van der Waals surface area contributed by atoms with Crippen molar-refractivity contribution < 1.29 is 9.53 Å². The average molecular weight is 397 g/mol. The number of anilines is 2. The van der Waals surface area contributed by atoms with Crippen molar-refractivity contribution in [3.8, 4) is 5.75 Å². The van der Waals surface area contributed by atoms with Crippen LogP contribution in [0.2, 0.25) is 5.02 Å². The summed E-state index contributed by atoms with van der Waals surface area (Å²) in [5.74, 6) is 0.876. The van der Waals surface area contributed by atoms with E-state index in [0.717, 1.165) is 22.6 Å². The highest BCUT2D eigenvalue weighted by Gasteiger charge is 2.10. The van der Waals surface area contributed by atoms with E-state index in [2.05, 4.69) is 20.6 Å². The topological polar surface area (TPSA) is 76.1 Å². The van der Waals surface area contributed by atoms with E-state index in [0.29, 0.717) is 23.9 Å². The Morgan fingerprint density at radius 2 is 2.00 bits per heavy atom. The lowest BCUT2D eigenvalue weighted by molar-refractivity contribution is 0.0949. The number of carbonyl (C=O) groups is 1. The number of nitrogens with zero attached hydrogens (tertiary/aromatic N) is 2. The number of benzene rings is 2. The quantitative estimate of drug-likeness (QED) is 0.627. The second kappa shape index (κ2) is 9.19. The first-order chi connectivity index (χ1) is 13.6. The molecular formula is C21H21ClN4O2. The standard InChI is InChI=1S/C21H21ClN4O2/c1-14-7-8-16(13-17(14)22)25-21-24-12-10-18(26-21)20(27)23-11-9-15-5-3-4-6-19(15)28-2/h3-8,10,12-13H,9,11H2,1-2H3,(H,23,27)(H,24,25,26). The van der Waals surface area contributed by atoms with Gasteiger partial charge in [-0.3, -0.25) is 4.79 Å². The normalized spacial score (nSPS) is 10.4. The van der Waals surface area contributed by atoms with Gasteiger partial charge in [-0.1, -0.05) is 35.9 Å². The molecule has 144 valence electrons. The van der Waals surface area contributed by atoms with E-state index >= 15 is 0 Å². The van der Waals surface area contributed by atoms with Crippen LogP contribution in [-0.4, -0.2) is 29.5 Å². The molecule has 6 nitrogen and oxygen atoms in total. The Hall–Kier alpha value is -3.12. The molecule has 7 heteroatoms. The molecule has 1 amide bonds. The van der Waals surface area contributed by atoms with Gasteiger partial charge < -0.3 is 15.4 Å². The van der Waals surface area contributed by atoms with Gasteiger partial charge in [0.15, 0.2) is 0 Å². The number of carbonyl (C=O) groups excluding carboxylic acids is 1. The van der Waals surface area contributed by atoms with Gasteiger partial charge in [-0.25, -0.2) is 9.97 Å². The molecule has 28 heavy (non-hydrogen) atoms. The summed E-state index contributed by atoms with van der Waals surface area (Å²) in [4.78, 5) is 20.8. The summed E-state index contributed by atoms with van der Waals surface area (Å²) >= 11 is 6.14. The minimum absolute atomic E-state index is 0.262. The molecule has 0 aliphatic heterocycles. The minimum Gasteiger partial charge on any atom is -0.496 e. The summed E-state index contributed by atoms with van der Waals surface area (Å²) in [5.41, 5.74) is 3.06. The third kappa shape index (κ3) is 4.98. The van der Waals surface area contributed by atoms with E-state index in [-0.39, 0.29) is 11.6 Å². The van der Waals surface area contributed by atoms with Crippen LogP contribution < -0.4 is 15.4 Å². The summed E-state index contributed by atoms with van der Waals surface area (Å²) in [7, 11) is 1.63. The number of amides is 1. The van der Waals surface area contributed by atoms with Crippen LogP contribution in [0.1, 0.15) is 21.6 Å². The molecule has 0 saturated carbocycles. The van der Waals surface area contributed by atoms with Crippen molar-refractivity contribution in [2.45, 2.75) is 13.3 Å². The van der Waals surface area contributed by atoms with Gasteiger partial charge in [0.2, 0.25) is 5.95 Å². The van der Waals surface area contributed by atoms with Crippen molar-refractivity contribution in [2.75, 3.05) is 19.0 Å². The number of aromatic nitrogens is 2. The highest BCUT2D eigenvalue weighted by atomic mass is 35.5. The van der Waals surface area contributed by atoms with E-state index in [1.54, 1.807) is 25.4 Å². The Kier molecular flexibility index (Phi) is 6.45. The lowest BCUT2D eigenvalue weighted by atomic mass is 10.1. The maximum absolute atomic E-state index is 12.4. The van der Waals surface area contributed by atoms with Gasteiger partial charge in [0, 0.05) is 23.5 Å². The maximum atomic E-state index is 12.4. The van der Waals surface area contributed by atoms with Gasteiger partial charge in [-0.05, 0) is 48.7 Å². The van der Waals surface area contributed by atoms with Crippen molar-refractivity contribution in [3.05, 3.63) is 76.6 Å². The molecule has 0 aliphatic carbocycles. The Labute approximate surface area is 168 Å². The predicted molar refractivity (Wildman–Crippen MR) is 111 cm³/mol. The first-order valence-corrected chi connectivity index (χ1v) is 9.21. The van der Waals surface area contributed by atoms with Gasteiger partial charge >= 0.3 is 0 Å². The van der Waals surface area contributed by atoms with Crippen molar-refractivity contribution in [3.63, 3.8) is 0 Å². The molecule has 3 aromatic rings. The van der Waals surface area contributed by atoms with Gasteiger partial charge in [0.25, 0.3) is 5.91 Å². The van der Waals surface area contributed by atoms with E-state index in [1.165, 1.54) is 0 Å². The van der Waals surface area contributed by atoms with Crippen LogP contribution in [0.25, 0.3) is 0 Å². The third-order valence-corrected chi connectivity index (χ3v) is 4.60. The summed E-state index contributed by atoms with van der Waals surface area (Å²) in [6.45, 7) is 2.40. The monoisotopic (exact) mass is 396 g/mol. The number of rotatable bonds is 7. The molecule has 0 bridgehead atoms. The van der Waals surface area contributed by atoms with Gasteiger partial charge in [-0.2, -0.15) is 0 Å². The molecule has 0 aliphatic rings. The van der Waals surface area contributed by atoms with E-state index in [1.807, 2.05) is 43.3 Å². The highest BCUT2D eigenvalue weighted by molar-refractivity contribution is 6.31. The first kappa shape index (κ1) is 19.6. The fourth-order valence-electron chi connectivity index (χ4n) is 2.66. The van der Waals surface area contributed by atoms with E-state index < -0.39 is 0 Å². The van der Waals surface area contributed by atoms with Crippen LogP contribution in [-0.2, 0) is 6.42 Å². The summed E-state index contributed by atoms with van der Waals surface area (Å²) in [6, 6.07) is 14.9. The zero-order chi connectivity index (χ0) is 19.9. The molecule has 1 heterocycles. The molecule has 2 N–H and O–H groups in total. The van der Waals surface area contributed by atoms with Crippen LogP contribution in [0.4, 0.5) is 11.6 Å². The minimum atomic E-state index is -0.262. The largest absolute Gasteiger partial charge is 0.496 e. The number of aryl methyl sites for hydroxylation is 1. The molecule has 3 rings (SSSR count). The third-order valence-electron chi connectivity index (χ3n) is 4.19. The molecule has 0 fully saturated rings. The number of nitrogens with one attached hydrogen (secondary N) is 2. The fourth-order valence-corrected chi connectivity index (χ4v) is 2.84. The van der Waals surface area contributed by atoms with Crippen molar-refractivity contribution >= 4 is 29.1 Å². The zero-order valence-electron chi connectivity index (χ0n) is 15.7. The number of methoxy groups -OCH3 is 1. The summed E-state index contributed by atoms with van der Waals surface area (Å²) in [6.07, 6.45) is 2.20. The van der Waals surface area contributed by atoms with Gasteiger partial charge in [0.1, 0.15) is 11.4 Å². The number of ether oxygens (including phenoxy) is 1.